The van der Waals surface area contributed by atoms with E-state index in [1.54, 1.807) is 0 Å². The first-order valence-electron chi connectivity index (χ1n) is 12.1. The van der Waals surface area contributed by atoms with Crippen LogP contribution in [0.5, 0.6) is 0 Å². The third-order valence-electron chi connectivity index (χ3n) is 6.83. The minimum Gasteiger partial charge on any atom is -0.387 e. The van der Waals surface area contributed by atoms with E-state index in [4.69, 9.17) is 10.4 Å². The second kappa shape index (κ2) is 9.56. The Bertz CT molecular complexity index is 1030. The Morgan fingerprint density at radius 3 is 2.31 bits per heavy atom. The molecule has 0 saturated carbocycles. The van der Waals surface area contributed by atoms with E-state index in [1.165, 1.54) is 33.5 Å². The molecule has 0 bridgehead atoms. The lowest BCUT2D eigenvalue weighted by Gasteiger charge is -2.48. The van der Waals surface area contributed by atoms with Gasteiger partial charge in [0, 0.05) is 41.8 Å². The summed E-state index contributed by atoms with van der Waals surface area (Å²) in [6.45, 7) is 14.5. The molecule has 0 saturated heterocycles. The molecule has 0 atom stereocenters. The lowest BCUT2D eigenvalue weighted by atomic mass is 9.54. The minimum atomic E-state index is -0.241. The first kappa shape index (κ1) is 24.2. The summed E-state index contributed by atoms with van der Waals surface area (Å²) in [5, 5.41) is 11.7. The molecular formula is C26H38B2N4. The number of nitrogens with one attached hydrogen (secondary N) is 2. The molecule has 3 rings (SSSR count). The van der Waals surface area contributed by atoms with Crippen molar-refractivity contribution in [1.82, 2.24) is 15.2 Å². The van der Waals surface area contributed by atoms with Crippen molar-refractivity contribution in [3.05, 3.63) is 63.6 Å². The number of benzene rings is 1. The van der Waals surface area contributed by atoms with Crippen LogP contribution < -0.4 is 5.32 Å². The van der Waals surface area contributed by atoms with Crippen LogP contribution in [0.4, 0.5) is 0 Å². The fraction of sp³-hybridized carbons (Fsp3) is 0.462. The third kappa shape index (κ3) is 4.24. The topological polar surface area (TPSA) is 52.0 Å². The lowest BCUT2D eigenvalue weighted by Crippen LogP contribution is -2.53. The summed E-state index contributed by atoms with van der Waals surface area (Å²) >= 11 is 0. The van der Waals surface area contributed by atoms with Crippen LogP contribution in [0, 0.1) is 12.3 Å². The van der Waals surface area contributed by atoms with Crippen molar-refractivity contribution in [1.29, 1.82) is 5.41 Å². The molecule has 2 heterocycles. The zero-order chi connectivity index (χ0) is 23.6. The van der Waals surface area contributed by atoms with Gasteiger partial charge in [0.25, 0.3) is 0 Å². The quantitative estimate of drug-likeness (QED) is 0.526. The highest BCUT2D eigenvalue weighted by Gasteiger charge is 2.38. The number of hydrogen-bond donors (Lipinski definition) is 2. The van der Waals surface area contributed by atoms with Crippen LogP contribution in [0.3, 0.4) is 0 Å². The van der Waals surface area contributed by atoms with Gasteiger partial charge in [-0.25, -0.2) is 0 Å². The van der Waals surface area contributed by atoms with Gasteiger partial charge in [0.05, 0.1) is 17.1 Å². The molecule has 2 aromatic rings. The predicted octanol–water partition coefficient (Wildman–Crippen LogP) is 3.30. The Labute approximate surface area is 196 Å². The van der Waals surface area contributed by atoms with Crippen molar-refractivity contribution in [2.75, 3.05) is 13.1 Å². The Morgan fingerprint density at radius 2 is 1.78 bits per heavy atom. The van der Waals surface area contributed by atoms with Gasteiger partial charge in [-0.15, -0.1) is 0 Å². The SMILES string of the molecule is BC1(B)c2c(C)cc(-c3c(CC)cccc3CC)nc2CCN1/C(C(C)=N)=C(\C)NCC. The Kier molecular flexibility index (Phi) is 7.22. The van der Waals surface area contributed by atoms with Crippen molar-refractivity contribution in [3.63, 3.8) is 0 Å². The highest BCUT2D eigenvalue weighted by Crippen LogP contribution is 2.38. The van der Waals surface area contributed by atoms with Gasteiger partial charge in [-0.2, -0.15) is 0 Å². The average Bonchev–Trinajstić information content (AvgIpc) is 2.74. The number of hydrogen-bond acceptors (Lipinski definition) is 4. The van der Waals surface area contributed by atoms with E-state index in [-0.39, 0.29) is 5.34 Å². The van der Waals surface area contributed by atoms with Crippen LogP contribution in [0.15, 0.2) is 35.7 Å². The predicted molar refractivity (Wildman–Crippen MR) is 142 cm³/mol. The van der Waals surface area contributed by atoms with Crippen molar-refractivity contribution in [2.24, 2.45) is 0 Å². The van der Waals surface area contributed by atoms with Crippen LogP contribution in [0.25, 0.3) is 11.3 Å². The summed E-state index contributed by atoms with van der Waals surface area (Å²) in [5.74, 6) is 0. The number of aromatic nitrogens is 1. The van der Waals surface area contributed by atoms with Gasteiger partial charge < -0.3 is 15.6 Å². The molecule has 1 aliphatic rings. The van der Waals surface area contributed by atoms with Crippen LogP contribution in [0.1, 0.15) is 62.6 Å². The molecule has 0 radical (unpaired) electrons. The summed E-state index contributed by atoms with van der Waals surface area (Å²) in [6, 6.07) is 8.94. The van der Waals surface area contributed by atoms with E-state index in [2.05, 4.69) is 84.8 Å². The average molecular weight is 428 g/mol. The van der Waals surface area contributed by atoms with Crippen molar-refractivity contribution in [2.45, 2.75) is 66.1 Å². The normalized spacial score (nSPS) is 15.8. The van der Waals surface area contributed by atoms with Gasteiger partial charge in [0.15, 0.2) is 0 Å². The summed E-state index contributed by atoms with van der Waals surface area (Å²) in [5.41, 5.74) is 11.7. The molecule has 0 fully saturated rings. The van der Waals surface area contributed by atoms with Gasteiger partial charge in [0.1, 0.15) is 15.7 Å². The molecular weight excluding hydrogens is 390 g/mol. The summed E-state index contributed by atoms with van der Waals surface area (Å²) in [6.07, 6.45) is 2.91. The molecule has 1 aromatic carbocycles. The molecule has 0 aliphatic carbocycles. The van der Waals surface area contributed by atoms with E-state index in [0.717, 1.165) is 49.4 Å². The number of allylic oxidation sites excluding steroid dienone is 2. The van der Waals surface area contributed by atoms with E-state index in [9.17, 15) is 0 Å². The minimum absolute atomic E-state index is 0.241. The Hall–Kier alpha value is -2.49. The molecule has 1 aromatic heterocycles. The fourth-order valence-corrected chi connectivity index (χ4v) is 5.51. The maximum absolute atomic E-state index is 8.49. The maximum atomic E-state index is 8.49. The van der Waals surface area contributed by atoms with Gasteiger partial charge in [0.2, 0.25) is 0 Å². The summed E-state index contributed by atoms with van der Waals surface area (Å²) < 4.78 is 0. The van der Waals surface area contributed by atoms with Crippen molar-refractivity contribution >= 4 is 21.4 Å². The molecule has 0 unspecified atom stereocenters. The lowest BCUT2D eigenvalue weighted by molar-refractivity contribution is 0.277. The summed E-state index contributed by atoms with van der Waals surface area (Å²) in [7, 11) is 4.55. The second-order valence-corrected chi connectivity index (χ2v) is 9.39. The van der Waals surface area contributed by atoms with E-state index in [0.29, 0.717) is 5.71 Å². The van der Waals surface area contributed by atoms with Gasteiger partial charge in [-0.3, -0.25) is 4.98 Å². The van der Waals surface area contributed by atoms with Gasteiger partial charge >= 0.3 is 0 Å². The monoisotopic (exact) mass is 428 g/mol. The fourth-order valence-electron chi connectivity index (χ4n) is 5.51. The first-order chi connectivity index (χ1) is 15.2. The van der Waals surface area contributed by atoms with Crippen LogP contribution in [-0.2, 0) is 24.6 Å². The molecule has 1 aliphatic heterocycles. The summed E-state index contributed by atoms with van der Waals surface area (Å²) in [4.78, 5) is 7.67. The van der Waals surface area contributed by atoms with Gasteiger partial charge in [-0.05, 0) is 68.9 Å². The molecule has 6 heteroatoms. The largest absolute Gasteiger partial charge is 0.387 e. The molecule has 4 nitrogen and oxygen atoms in total. The van der Waals surface area contributed by atoms with Crippen LogP contribution >= 0.6 is 0 Å². The molecule has 0 amide bonds. The molecule has 32 heavy (non-hydrogen) atoms. The zero-order valence-corrected chi connectivity index (χ0v) is 21.2. The van der Waals surface area contributed by atoms with E-state index < -0.39 is 0 Å². The number of pyridine rings is 1. The molecule has 2 N–H and O–H groups in total. The molecule has 0 spiro atoms. The number of nitrogens with zero attached hydrogens (tertiary/aromatic N) is 2. The smallest absolute Gasteiger partial charge is 0.129 e. The van der Waals surface area contributed by atoms with Crippen LogP contribution in [-0.4, -0.2) is 44.4 Å². The first-order valence-corrected chi connectivity index (χ1v) is 12.1. The Morgan fingerprint density at radius 1 is 1.16 bits per heavy atom. The molecule has 168 valence electrons. The highest BCUT2D eigenvalue weighted by atomic mass is 15.2. The van der Waals surface area contributed by atoms with Gasteiger partial charge in [-0.1, -0.05) is 32.0 Å². The zero-order valence-electron chi connectivity index (χ0n) is 21.2. The standard InChI is InChI=1S/C26H38B2N4/c1-7-19-11-10-12-20(8-2)23(19)22-15-16(4)24-21(31-22)13-14-32(26(24,27)28)25(17(5)29)18(6)30-9-3/h10-12,15,29-30H,7-9,13-14,27-28H2,1-6H3/b25-18+,29-17?. The van der Waals surface area contributed by atoms with Crippen molar-refractivity contribution in [3.8, 4) is 11.3 Å². The maximum Gasteiger partial charge on any atom is 0.129 e. The van der Waals surface area contributed by atoms with Crippen LogP contribution in [0.2, 0.25) is 0 Å². The number of fused-ring (bicyclic) bond motifs is 1. The second-order valence-electron chi connectivity index (χ2n) is 9.39. The van der Waals surface area contributed by atoms with E-state index >= 15 is 0 Å². The highest BCUT2D eigenvalue weighted by molar-refractivity contribution is 6.40. The van der Waals surface area contributed by atoms with Crippen molar-refractivity contribution < 1.29 is 0 Å². The van der Waals surface area contributed by atoms with E-state index in [1.807, 2.05) is 6.92 Å². The third-order valence-corrected chi connectivity index (χ3v) is 6.83. The number of aryl methyl sites for hydroxylation is 3. The number of rotatable bonds is 7. The Balaban J connectivity index is 2.16.